The van der Waals surface area contributed by atoms with Gasteiger partial charge < -0.3 is 5.11 Å². The molecular formula is C16H17FN2O4S. The van der Waals surface area contributed by atoms with Gasteiger partial charge in [0.2, 0.25) is 10.0 Å². The number of carboxylic acid groups (broad SMARTS) is 1. The first-order valence-corrected chi connectivity index (χ1v) is 8.60. The second-order valence-electron chi connectivity index (χ2n) is 5.44. The van der Waals surface area contributed by atoms with Crippen molar-refractivity contribution in [1.29, 1.82) is 0 Å². The fourth-order valence-corrected chi connectivity index (χ4v) is 3.61. The van der Waals surface area contributed by atoms with Crippen LogP contribution in [0.3, 0.4) is 0 Å². The summed E-state index contributed by atoms with van der Waals surface area (Å²) in [6.07, 6.45) is 2.96. The maximum Gasteiger partial charge on any atom is 0.322 e. The first-order chi connectivity index (χ1) is 11.2. The van der Waals surface area contributed by atoms with Gasteiger partial charge in [-0.25, -0.2) is 12.8 Å². The maximum absolute atomic E-state index is 13.7. The van der Waals surface area contributed by atoms with Gasteiger partial charge in [-0.1, -0.05) is 0 Å². The van der Waals surface area contributed by atoms with E-state index in [2.05, 4.69) is 9.71 Å². The van der Waals surface area contributed by atoms with Crippen LogP contribution in [-0.4, -0.2) is 30.5 Å². The highest BCUT2D eigenvalue weighted by molar-refractivity contribution is 7.89. The van der Waals surface area contributed by atoms with Crippen molar-refractivity contribution < 1.29 is 22.7 Å². The summed E-state index contributed by atoms with van der Waals surface area (Å²) in [5.41, 5.74) is 0.985. The summed E-state index contributed by atoms with van der Waals surface area (Å²) in [6, 6.07) is 4.22. The normalized spacial score (nSPS) is 12.8. The molecule has 0 aliphatic rings. The molecule has 1 aromatic heterocycles. The van der Waals surface area contributed by atoms with Crippen molar-refractivity contribution in [2.24, 2.45) is 0 Å². The first kappa shape index (κ1) is 18.0. The Morgan fingerprint density at radius 2 is 1.79 bits per heavy atom. The molecule has 0 saturated heterocycles. The van der Waals surface area contributed by atoms with E-state index in [0.717, 1.165) is 0 Å². The molecule has 128 valence electrons. The van der Waals surface area contributed by atoms with E-state index in [0.29, 0.717) is 5.56 Å². The third-order valence-corrected chi connectivity index (χ3v) is 4.96. The SMILES string of the molecule is Cc1cc(S(=O)(=O)NC(Cc2ccncc2)C(=O)O)cc(C)c1F. The van der Waals surface area contributed by atoms with Crippen LogP contribution in [0.25, 0.3) is 0 Å². The van der Waals surface area contributed by atoms with E-state index in [1.54, 1.807) is 12.1 Å². The van der Waals surface area contributed by atoms with Gasteiger partial charge in [-0.3, -0.25) is 9.78 Å². The number of hydrogen-bond donors (Lipinski definition) is 2. The zero-order valence-corrected chi connectivity index (χ0v) is 14.0. The fourth-order valence-electron chi connectivity index (χ4n) is 2.25. The van der Waals surface area contributed by atoms with Crippen LogP contribution in [0.15, 0.2) is 41.6 Å². The summed E-state index contributed by atoms with van der Waals surface area (Å²) in [5, 5.41) is 9.30. The molecule has 0 amide bonds. The number of aromatic nitrogens is 1. The van der Waals surface area contributed by atoms with Crippen LogP contribution in [0.4, 0.5) is 4.39 Å². The second-order valence-corrected chi connectivity index (χ2v) is 7.16. The molecule has 1 unspecified atom stereocenters. The van der Waals surface area contributed by atoms with E-state index >= 15 is 0 Å². The van der Waals surface area contributed by atoms with E-state index in [1.807, 2.05) is 0 Å². The summed E-state index contributed by atoms with van der Waals surface area (Å²) < 4.78 is 40.7. The molecule has 6 nitrogen and oxygen atoms in total. The smallest absolute Gasteiger partial charge is 0.322 e. The van der Waals surface area contributed by atoms with Gasteiger partial charge >= 0.3 is 5.97 Å². The summed E-state index contributed by atoms with van der Waals surface area (Å²) in [5.74, 6) is -1.79. The van der Waals surface area contributed by atoms with Crippen molar-refractivity contribution in [3.05, 3.63) is 59.2 Å². The van der Waals surface area contributed by atoms with Gasteiger partial charge in [0.15, 0.2) is 0 Å². The summed E-state index contributed by atoms with van der Waals surface area (Å²) >= 11 is 0. The Morgan fingerprint density at radius 3 is 2.29 bits per heavy atom. The van der Waals surface area contributed by atoms with E-state index < -0.39 is 27.9 Å². The Labute approximate surface area is 139 Å². The number of aryl methyl sites for hydroxylation is 2. The molecule has 0 aliphatic heterocycles. The quantitative estimate of drug-likeness (QED) is 0.826. The number of benzene rings is 1. The number of nitrogens with zero attached hydrogens (tertiary/aromatic N) is 1. The molecule has 0 saturated carbocycles. The number of hydrogen-bond acceptors (Lipinski definition) is 4. The molecule has 2 N–H and O–H groups in total. The van der Waals surface area contributed by atoms with Crippen LogP contribution in [0.2, 0.25) is 0 Å². The molecule has 0 fully saturated rings. The van der Waals surface area contributed by atoms with Crippen LogP contribution >= 0.6 is 0 Å². The predicted molar refractivity (Wildman–Crippen MR) is 85.6 cm³/mol. The molecule has 2 rings (SSSR count). The molecule has 24 heavy (non-hydrogen) atoms. The van der Waals surface area contributed by atoms with E-state index in [4.69, 9.17) is 0 Å². The Bertz CT molecular complexity index is 831. The zero-order valence-electron chi connectivity index (χ0n) is 13.2. The number of carbonyl (C=O) groups is 1. The van der Waals surface area contributed by atoms with Gasteiger partial charge in [-0.2, -0.15) is 4.72 Å². The average molecular weight is 352 g/mol. The van der Waals surface area contributed by atoms with E-state index in [9.17, 15) is 22.7 Å². The lowest BCUT2D eigenvalue weighted by atomic mass is 10.1. The van der Waals surface area contributed by atoms with Crippen LogP contribution in [0, 0.1) is 19.7 Å². The molecule has 0 aliphatic carbocycles. The highest BCUT2D eigenvalue weighted by Crippen LogP contribution is 2.19. The molecule has 2 aromatic rings. The standard InChI is InChI=1S/C16H17FN2O4S/c1-10-7-13(8-11(2)15(10)17)24(22,23)19-14(16(20)21)9-12-3-5-18-6-4-12/h3-8,14,19H,9H2,1-2H3,(H,20,21). The van der Waals surface area contributed by atoms with Crippen LogP contribution < -0.4 is 4.72 Å². The summed E-state index contributed by atoms with van der Waals surface area (Å²) in [4.78, 5) is 15.1. The van der Waals surface area contributed by atoms with Crippen molar-refractivity contribution >= 4 is 16.0 Å². The lowest BCUT2D eigenvalue weighted by molar-refractivity contribution is -0.138. The molecule has 1 aromatic carbocycles. The molecule has 1 heterocycles. The Morgan fingerprint density at radius 1 is 1.25 bits per heavy atom. The van der Waals surface area contributed by atoms with Gasteiger partial charge in [0.05, 0.1) is 4.90 Å². The molecule has 0 bridgehead atoms. The topological polar surface area (TPSA) is 96.4 Å². The third-order valence-electron chi connectivity index (χ3n) is 3.50. The highest BCUT2D eigenvalue weighted by Gasteiger charge is 2.26. The number of pyridine rings is 1. The van der Waals surface area contributed by atoms with Crippen molar-refractivity contribution in [2.45, 2.75) is 31.2 Å². The van der Waals surface area contributed by atoms with E-state index in [-0.39, 0.29) is 22.4 Å². The fraction of sp³-hybridized carbons (Fsp3) is 0.250. The minimum atomic E-state index is -4.10. The molecule has 0 radical (unpaired) electrons. The van der Waals surface area contributed by atoms with Gasteiger partial charge in [0.1, 0.15) is 11.9 Å². The molecule has 0 spiro atoms. The minimum Gasteiger partial charge on any atom is -0.480 e. The third kappa shape index (κ3) is 4.15. The number of halogens is 1. The predicted octanol–water partition coefficient (Wildman–Crippen LogP) is 1.81. The van der Waals surface area contributed by atoms with Crippen molar-refractivity contribution in [3.63, 3.8) is 0 Å². The van der Waals surface area contributed by atoms with Crippen LogP contribution in [-0.2, 0) is 21.2 Å². The van der Waals surface area contributed by atoms with Gasteiger partial charge in [-0.15, -0.1) is 0 Å². The van der Waals surface area contributed by atoms with Crippen molar-refractivity contribution in [3.8, 4) is 0 Å². The average Bonchev–Trinajstić information content (AvgIpc) is 2.52. The maximum atomic E-state index is 13.7. The first-order valence-electron chi connectivity index (χ1n) is 7.11. The zero-order chi connectivity index (χ0) is 17.9. The largest absolute Gasteiger partial charge is 0.480 e. The molecular weight excluding hydrogens is 335 g/mol. The number of aliphatic carboxylic acids is 1. The van der Waals surface area contributed by atoms with Crippen molar-refractivity contribution in [1.82, 2.24) is 9.71 Å². The second kappa shape index (κ2) is 7.06. The Kier molecular flexibility index (Phi) is 5.30. The molecule has 1 atom stereocenters. The number of sulfonamides is 1. The lowest BCUT2D eigenvalue weighted by Crippen LogP contribution is -2.42. The Balaban J connectivity index is 2.29. The lowest BCUT2D eigenvalue weighted by Gasteiger charge is -2.16. The number of nitrogens with one attached hydrogen (secondary N) is 1. The van der Waals surface area contributed by atoms with E-state index in [1.165, 1.54) is 38.4 Å². The van der Waals surface area contributed by atoms with Crippen LogP contribution in [0.1, 0.15) is 16.7 Å². The van der Waals surface area contributed by atoms with Gasteiger partial charge in [0.25, 0.3) is 0 Å². The summed E-state index contributed by atoms with van der Waals surface area (Å²) in [7, 11) is -4.10. The monoisotopic (exact) mass is 352 g/mol. The molecule has 8 heteroatoms. The highest BCUT2D eigenvalue weighted by atomic mass is 32.2. The number of carboxylic acids is 1. The Hall–Kier alpha value is -2.32. The number of rotatable bonds is 6. The van der Waals surface area contributed by atoms with Crippen molar-refractivity contribution in [2.75, 3.05) is 0 Å². The van der Waals surface area contributed by atoms with Gasteiger partial charge in [-0.05, 0) is 61.2 Å². The van der Waals surface area contributed by atoms with Crippen LogP contribution in [0.5, 0.6) is 0 Å². The summed E-state index contributed by atoms with van der Waals surface area (Å²) in [6.45, 7) is 2.90. The van der Waals surface area contributed by atoms with Gasteiger partial charge in [0, 0.05) is 12.4 Å². The minimum absolute atomic E-state index is 0.0315.